The van der Waals surface area contributed by atoms with E-state index in [9.17, 15) is 9.59 Å². The summed E-state index contributed by atoms with van der Waals surface area (Å²) in [6.07, 6.45) is 0. The molecule has 0 atom stereocenters. The Bertz CT molecular complexity index is 1140. The van der Waals surface area contributed by atoms with Crippen molar-refractivity contribution in [1.29, 1.82) is 0 Å². The van der Waals surface area contributed by atoms with E-state index in [4.69, 9.17) is 11.6 Å². The van der Waals surface area contributed by atoms with Gasteiger partial charge in [-0.1, -0.05) is 48.0 Å². The molecular formula is C23H18ClN3O2. The summed E-state index contributed by atoms with van der Waals surface area (Å²) < 4.78 is 0. The second-order valence-electron chi connectivity index (χ2n) is 7.23. The van der Waals surface area contributed by atoms with E-state index in [1.54, 1.807) is 12.1 Å². The number of fused-ring (bicyclic) bond motifs is 3. The van der Waals surface area contributed by atoms with Crippen LogP contribution >= 0.6 is 11.6 Å². The Hall–Kier alpha value is -3.18. The number of halogens is 1. The molecule has 3 aromatic rings. The number of aromatic nitrogens is 1. The van der Waals surface area contributed by atoms with Crippen molar-refractivity contribution in [3.8, 4) is 11.1 Å². The van der Waals surface area contributed by atoms with Crippen molar-refractivity contribution in [1.82, 2.24) is 9.88 Å². The maximum Gasteiger partial charge on any atom is 0.253 e. The van der Waals surface area contributed by atoms with Crippen LogP contribution in [-0.2, 0) is 0 Å². The lowest BCUT2D eigenvalue weighted by molar-refractivity contribution is 0.0746. The van der Waals surface area contributed by atoms with Crippen LogP contribution in [0.5, 0.6) is 0 Å². The lowest BCUT2D eigenvalue weighted by atomic mass is 10.0. The second kappa shape index (κ2) is 7.01. The molecule has 2 aromatic carbocycles. The quantitative estimate of drug-likeness (QED) is 0.476. The minimum Gasteiger partial charge on any atom is -0.353 e. The minimum atomic E-state index is -0.0461. The molecule has 0 unspecified atom stereocenters. The van der Waals surface area contributed by atoms with E-state index in [-0.39, 0.29) is 11.7 Å². The maximum atomic E-state index is 13.0. The largest absolute Gasteiger partial charge is 0.353 e. The standard InChI is InChI=1S/C23H18ClN3O2/c24-20-6-3-7-21(25-20)26-10-12-27(13-11-26)23(29)15-8-9-17-16-4-1-2-5-18(16)22(28)19(17)14-15/h1-9,14H,10-13H2. The third-order valence-corrected chi connectivity index (χ3v) is 5.77. The van der Waals surface area contributed by atoms with Crippen molar-refractivity contribution in [2.75, 3.05) is 31.1 Å². The molecule has 1 fully saturated rings. The predicted octanol–water partition coefficient (Wildman–Crippen LogP) is 3.91. The van der Waals surface area contributed by atoms with Gasteiger partial charge in [0.15, 0.2) is 5.78 Å². The molecule has 29 heavy (non-hydrogen) atoms. The van der Waals surface area contributed by atoms with Crippen molar-refractivity contribution < 1.29 is 9.59 Å². The van der Waals surface area contributed by atoms with Gasteiger partial charge in [-0.2, -0.15) is 0 Å². The van der Waals surface area contributed by atoms with Crippen molar-refractivity contribution in [3.05, 3.63) is 82.5 Å². The summed E-state index contributed by atoms with van der Waals surface area (Å²) in [6.45, 7) is 2.57. The number of hydrogen-bond acceptors (Lipinski definition) is 4. The molecule has 1 saturated heterocycles. The summed E-state index contributed by atoms with van der Waals surface area (Å²) in [5.74, 6) is 0.767. The van der Waals surface area contributed by atoms with Gasteiger partial charge in [0, 0.05) is 42.9 Å². The second-order valence-corrected chi connectivity index (χ2v) is 7.62. The average Bonchev–Trinajstić information content (AvgIpc) is 3.05. The smallest absolute Gasteiger partial charge is 0.253 e. The van der Waals surface area contributed by atoms with Gasteiger partial charge in [0.2, 0.25) is 0 Å². The average molecular weight is 404 g/mol. The van der Waals surface area contributed by atoms with Gasteiger partial charge in [-0.3, -0.25) is 9.59 Å². The van der Waals surface area contributed by atoms with Crippen LogP contribution in [0.1, 0.15) is 26.3 Å². The van der Waals surface area contributed by atoms with E-state index in [1.165, 1.54) is 0 Å². The molecule has 0 N–H and O–H groups in total. The summed E-state index contributed by atoms with van der Waals surface area (Å²) in [7, 11) is 0. The summed E-state index contributed by atoms with van der Waals surface area (Å²) in [6, 6.07) is 18.6. The molecule has 6 heteroatoms. The highest BCUT2D eigenvalue weighted by molar-refractivity contribution is 6.29. The van der Waals surface area contributed by atoms with E-state index >= 15 is 0 Å². The van der Waals surface area contributed by atoms with E-state index in [0.29, 0.717) is 48.0 Å². The molecule has 1 aliphatic heterocycles. The number of amides is 1. The molecule has 144 valence electrons. The molecule has 2 aliphatic rings. The summed E-state index contributed by atoms with van der Waals surface area (Å²) >= 11 is 5.99. The van der Waals surface area contributed by atoms with Crippen LogP contribution < -0.4 is 4.90 Å². The van der Waals surface area contributed by atoms with Crippen LogP contribution in [0.25, 0.3) is 11.1 Å². The van der Waals surface area contributed by atoms with Crippen LogP contribution in [0.3, 0.4) is 0 Å². The Morgan fingerprint density at radius 2 is 1.55 bits per heavy atom. The predicted molar refractivity (Wildman–Crippen MR) is 113 cm³/mol. The molecule has 0 radical (unpaired) electrons. The SMILES string of the molecule is O=C1c2ccccc2-c2ccc(C(=O)N3CCN(c4cccc(Cl)n4)CC3)cc21. The van der Waals surface area contributed by atoms with Crippen LogP contribution in [0, 0.1) is 0 Å². The fraction of sp³-hybridized carbons (Fsp3) is 0.174. The first kappa shape index (κ1) is 17.9. The maximum absolute atomic E-state index is 13.0. The third kappa shape index (κ3) is 3.08. The molecule has 5 nitrogen and oxygen atoms in total. The number of carbonyl (C=O) groups excluding carboxylic acids is 2. The van der Waals surface area contributed by atoms with E-state index in [0.717, 1.165) is 16.9 Å². The van der Waals surface area contributed by atoms with Crippen LogP contribution in [0.4, 0.5) is 5.82 Å². The molecule has 1 aromatic heterocycles. The summed E-state index contributed by atoms with van der Waals surface area (Å²) in [5.41, 5.74) is 3.71. The molecular weight excluding hydrogens is 386 g/mol. The molecule has 0 spiro atoms. The number of ketones is 1. The molecule has 2 heterocycles. The van der Waals surface area contributed by atoms with Crippen molar-refractivity contribution in [2.24, 2.45) is 0 Å². The highest BCUT2D eigenvalue weighted by Crippen LogP contribution is 2.36. The molecule has 1 amide bonds. The zero-order valence-corrected chi connectivity index (χ0v) is 16.4. The number of pyridine rings is 1. The summed E-state index contributed by atoms with van der Waals surface area (Å²) in [4.78, 5) is 34.0. The highest BCUT2D eigenvalue weighted by Gasteiger charge is 2.29. The first-order valence-corrected chi connectivity index (χ1v) is 9.94. The fourth-order valence-electron chi connectivity index (χ4n) is 4.06. The molecule has 0 saturated carbocycles. The van der Waals surface area contributed by atoms with E-state index in [1.807, 2.05) is 53.4 Å². The number of piperazine rings is 1. The molecule has 0 bridgehead atoms. The number of anilines is 1. The van der Waals surface area contributed by atoms with Gasteiger partial charge >= 0.3 is 0 Å². The summed E-state index contributed by atoms with van der Waals surface area (Å²) in [5, 5.41) is 0.463. The van der Waals surface area contributed by atoms with Crippen molar-refractivity contribution in [3.63, 3.8) is 0 Å². The van der Waals surface area contributed by atoms with Gasteiger partial charge in [-0.15, -0.1) is 0 Å². The zero-order valence-electron chi connectivity index (χ0n) is 15.6. The van der Waals surface area contributed by atoms with Crippen LogP contribution in [-0.4, -0.2) is 47.8 Å². The fourth-order valence-corrected chi connectivity index (χ4v) is 4.22. The van der Waals surface area contributed by atoms with E-state index < -0.39 is 0 Å². The Morgan fingerprint density at radius 1 is 0.828 bits per heavy atom. The van der Waals surface area contributed by atoms with Gasteiger partial charge in [-0.05, 0) is 35.4 Å². The van der Waals surface area contributed by atoms with Gasteiger partial charge < -0.3 is 9.80 Å². The third-order valence-electron chi connectivity index (χ3n) is 5.56. The number of rotatable bonds is 2. The van der Waals surface area contributed by atoms with Crippen molar-refractivity contribution >= 4 is 29.1 Å². The Labute approximate surface area is 173 Å². The number of hydrogen-bond donors (Lipinski definition) is 0. The van der Waals surface area contributed by atoms with E-state index in [2.05, 4.69) is 9.88 Å². The van der Waals surface area contributed by atoms with Crippen LogP contribution in [0.2, 0.25) is 5.15 Å². The zero-order chi connectivity index (χ0) is 20.0. The Morgan fingerprint density at radius 3 is 2.31 bits per heavy atom. The normalized spacial score (nSPS) is 15.3. The number of carbonyl (C=O) groups is 2. The highest BCUT2D eigenvalue weighted by atomic mass is 35.5. The molecule has 5 rings (SSSR count). The number of nitrogens with zero attached hydrogens (tertiary/aromatic N) is 3. The monoisotopic (exact) mass is 403 g/mol. The van der Waals surface area contributed by atoms with Gasteiger partial charge in [0.05, 0.1) is 0 Å². The lowest BCUT2D eigenvalue weighted by Crippen LogP contribution is -2.49. The topological polar surface area (TPSA) is 53.5 Å². The Balaban J connectivity index is 1.33. The van der Waals surface area contributed by atoms with Crippen molar-refractivity contribution in [2.45, 2.75) is 0 Å². The minimum absolute atomic E-state index is 0.0119. The molecule has 1 aliphatic carbocycles. The number of benzene rings is 2. The van der Waals surface area contributed by atoms with Gasteiger partial charge in [-0.25, -0.2) is 4.98 Å². The first-order chi connectivity index (χ1) is 14.1. The first-order valence-electron chi connectivity index (χ1n) is 9.57. The van der Waals surface area contributed by atoms with Crippen LogP contribution in [0.15, 0.2) is 60.7 Å². The Kier molecular flexibility index (Phi) is 4.32. The van der Waals surface area contributed by atoms with Gasteiger partial charge in [0.1, 0.15) is 11.0 Å². The lowest BCUT2D eigenvalue weighted by Gasteiger charge is -2.35. The van der Waals surface area contributed by atoms with Gasteiger partial charge in [0.25, 0.3) is 5.91 Å².